The van der Waals surface area contributed by atoms with Gasteiger partial charge in [-0.3, -0.25) is 0 Å². The largest absolute Gasteiger partial charge is 0.382 e. The highest BCUT2D eigenvalue weighted by Gasteiger charge is 2.04. The molecular formula is C15H22N2. The molecule has 1 aromatic carbocycles. The van der Waals surface area contributed by atoms with Crippen LogP contribution in [0.1, 0.15) is 50.7 Å². The molecule has 0 fully saturated rings. The topological polar surface area (TPSA) is 35.8 Å². The van der Waals surface area contributed by atoms with E-state index in [9.17, 15) is 0 Å². The molecule has 0 aliphatic carbocycles. The van der Waals surface area contributed by atoms with Gasteiger partial charge in [0.2, 0.25) is 0 Å². The van der Waals surface area contributed by atoms with Crippen LogP contribution in [0, 0.1) is 18.3 Å². The van der Waals surface area contributed by atoms with Gasteiger partial charge >= 0.3 is 0 Å². The van der Waals surface area contributed by atoms with Crippen molar-refractivity contribution in [2.75, 3.05) is 5.32 Å². The third kappa shape index (κ3) is 4.48. The molecule has 1 aromatic rings. The SMILES string of the molecule is CCCCCC(C)Nc1ccc(C#N)cc1C. The van der Waals surface area contributed by atoms with E-state index in [1.165, 1.54) is 25.7 Å². The number of benzene rings is 1. The molecular weight excluding hydrogens is 208 g/mol. The smallest absolute Gasteiger partial charge is 0.0991 e. The fourth-order valence-electron chi connectivity index (χ4n) is 1.93. The Morgan fingerprint density at radius 3 is 2.71 bits per heavy atom. The second kappa shape index (κ2) is 6.96. The minimum atomic E-state index is 0.494. The van der Waals surface area contributed by atoms with Crippen molar-refractivity contribution >= 4 is 5.69 Å². The molecule has 17 heavy (non-hydrogen) atoms. The zero-order valence-electron chi connectivity index (χ0n) is 11.1. The summed E-state index contributed by atoms with van der Waals surface area (Å²) < 4.78 is 0. The first kappa shape index (κ1) is 13.6. The summed E-state index contributed by atoms with van der Waals surface area (Å²) in [7, 11) is 0. The second-order valence-electron chi connectivity index (χ2n) is 4.68. The Bertz CT molecular complexity index is 390. The summed E-state index contributed by atoms with van der Waals surface area (Å²) in [6, 6.07) is 8.46. The highest BCUT2D eigenvalue weighted by Crippen LogP contribution is 2.18. The summed E-state index contributed by atoms with van der Waals surface area (Å²) in [5.41, 5.74) is 3.02. The number of nitriles is 1. The zero-order chi connectivity index (χ0) is 12.7. The first-order valence-corrected chi connectivity index (χ1v) is 6.44. The lowest BCUT2D eigenvalue weighted by Gasteiger charge is -2.17. The fourth-order valence-corrected chi connectivity index (χ4v) is 1.93. The molecule has 0 bridgehead atoms. The third-order valence-electron chi connectivity index (χ3n) is 3.00. The van der Waals surface area contributed by atoms with Crippen LogP contribution in [0.5, 0.6) is 0 Å². The molecule has 1 N–H and O–H groups in total. The fraction of sp³-hybridized carbons (Fsp3) is 0.533. The van der Waals surface area contributed by atoms with Crippen LogP contribution in [0.15, 0.2) is 18.2 Å². The van der Waals surface area contributed by atoms with Crippen molar-refractivity contribution in [3.05, 3.63) is 29.3 Å². The monoisotopic (exact) mass is 230 g/mol. The van der Waals surface area contributed by atoms with Gasteiger partial charge in [0.1, 0.15) is 0 Å². The maximum Gasteiger partial charge on any atom is 0.0991 e. The highest BCUT2D eigenvalue weighted by atomic mass is 14.9. The molecule has 0 heterocycles. The maximum atomic E-state index is 8.81. The Labute approximate surface area is 105 Å². The Morgan fingerprint density at radius 1 is 1.35 bits per heavy atom. The Balaban J connectivity index is 2.54. The van der Waals surface area contributed by atoms with E-state index < -0.39 is 0 Å². The van der Waals surface area contributed by atoms with Crippen LogP contribution in [-0.4, -0.2) is 6.04 Å². The van der Waals surface area contributed by atoms with Crippen LogP contribution in [0.25, 0.3) is 0 Å². The predicted octanol–water partition coefficient (Wildman–Crippen LogP) is 4.25. The zero-order valence-corrected chi connectivity index (χ0v) is 11.1. The van der Waals surface area contributed by atoms with E-state index in [1.54, 1.807) is 0 Å². The number of nitrogens with one attached hydrogen (secondary N) is 1. The van der Waals surface area contributed by atoms with E-state index in [2.05, 4.69) is 25.2 Å². The van der Waals surface area contributed by atoms with Gasteiger partial charge in [-0.05, 0) is 44.0 Å². The first-order valence-electron chi connectivity index (χ1n) is 6.44. The quantitative estimate of drug-likeness (QED) is 0.742. The Morgan fingerprint density at radius 2 is 2.12 bits per heavy atom. The van der Waals surface area contributed by atoms with E-state index in [0.29, 0.717) is 6.04 Å². The van der Waals surface area contributed by atoms with Crippen molar-refractivity contribution in [1.29, 1.82) is 5.26 Å². The van der Waals surface area contributed by atoms with Gasteiger partial charge < -0.3 is 5.32 Å². The standard InChI is InChI=1S/C15H22N2/c1-4-5-6-7-13(3)17-15-9-8-14(11-16)10-12(15)2/h8-10,13,17H,4-7H2,1-3H3. The van der Waals surface area contributed by atoms with Gasteiger partial charge in [0, 0.05) is 11.7 Å². The van der Waals surface area contributed by atoms with Gasteiger partial charge in [-0.1, -0.05) is 26.2 Å². The van der Waals surface area contributed by atoms with E-state index in [-0.39, 0.29) is 0 Å². The van der Waals surface area contributed by atoms with Crippen LogP contribution in [0.4, 0.5) is 5.69 Å². The maximum absolute atomic E-state index is 8.81. The summed E-state index contributed by atoms with van der Waals surface area (Å²) in [6.45, 7) is 6.48. The second-order valence-corrected chi connectivity index (χ2v) is 4.68. The Hall–Kier alpha value is -1.49. The van der Waals surface area contributed by atoms with Crippen molar-refractivity contribution in [2.45, 2.75) is 52.5 Å². The molecule has 0 saturated carbocycles. The lowest BCUT2D eigenvalue weighted by molar-refractivity contribution is 0.615. The molecule has 0 saturated heterocycles. The third-order valence-corrected chi connectivity index (χ3v) is 3.00. The minimum absolute atomic E-state index is 0.494. The van der Waals surface area contributed by atoms with Crippen molar-refractivity contribution in [3.63, 3.8) is 0 Å². The summed E-state index contributed by atoms with van der Waals surface area (Å²) >= 11 is 0. The number of nitrogens with zero attached hydrogens (tertiary/aromatic N) is 1. The average molecular weight is 230 g/mol. The molecule has 1 unspecified atom stereocenters. The lowest BCUT2D eigenvalue weighted by Crippen LogP contribution is -2.15. The average Bonchev–Trinajstić information content (AvgIpc) is 2.32. The van der Waals surface area contributed by atoms with Crippen LogP contribution in [-0.2, 0) is 0 Å². The number of hydrogen-bond donors (Lipinski definition) is 1. The van der Waals surface area contributed by atoms with Crippen LogP contribution in [0.3, 0.4) is 0 Å². The molecule has 0 aliphatic heterocycles. The molecule has 2 heteroatoms. The molecule has 1 rings (SSSR count). The minimum Gasteiger partial charge on any atom is -0.382 e. The molecule has 0 aliphatic rings. The van der Waals surface area contributed by atoms with Gasteiger partial charge in [0.05, 0.1) is 11.6 Å². The summed E-state index contributed by atoms with van der Waals surface area (Å²) in [6.07, 6.45) is 5.05. The van der Waals surface area contributed by atoms with Crippen LogP contribution >= 0.6 is 0 Å². The van der Waals surface area contributed by atoms with Gasteiger partial charge in [-0.25, -0.2) is 0 Å². The number of unbranched alkanes of at least 4 members (excludes halogenated alkanes) is 2. The molecule has 0 spiro atoms. The molecule has 1 atom stereocenters. The Kier molecular flexibility index (Phi) is 5.56. The van der Waals surface area contributed by atoms with Gasteiger partial charge in [-0.2, -0.15) is 5.26 Å². The van der Waals surface area contributed by atoms with Gasteiger partial charge in [-0.15, -0.1) is 0 Å². The van der Waals surface area contributed by atoms with Crippen LogP contribution < -0.4 is 5.32 Å². The van der Waals surface area contributed by atoms with E-state index in [0.717, 1.165) is 16.8 Å². The highest BCUT2D eigenvalue weighted by molar-refractivity contribution is 5.54. The lowest BCUT2D eigenvalue weighted by atomic mass is 10.1. The molecule has 2 nitrogen and oxygen atoms in total. The van der Waals surface area contributed by atoms with Gasteiger partial charge in [0.25, 0.3) is 0 Å². The molecule has 0 aromatic heterocycles. The summed E-state index contributed by atoms with van der Waals surface area (Å²) in [5.74, 6) is 0. The van der Waals surface area contributed by atoms with Crippen molar-refractivity contribution < 1.29 is 0 Å². The number of aryl methyl sites for hydroxylation is 1. The summed E-state index contributed by atoms with van der Waals surface area (Å²) in [5, 5.41) is 12.3. The molecule has 0 amide bonds. The van der Waals surface area contributed by atoms with Crippen LogP contribution in [0.2, 0.25) is 0 Å². The van der Waals surface area contributed by atoms with Crippen molar-refractivity contribution in [3.8, 4) is 6.07 Å². The van der Waals surface area contributed by atoms with Gasteiger partial charge in [0.15, 0.2) is 0 Å². The normalized spacial score (nSPS) is 11.9. The van der Waals surface area contributed by atoms with E-state index >= 15 is 0 Å². The van der Waals surface area contributed by atoms with E-state index in [1.807, 2.05) is 25.1 Å². The summed E-state index contributed by atoms with van der Waals surface area (Å²) in [4.78, 5) is 0. The molecule has 0 radical (unpaired) electrons. The number of hydrogen-bond acceptors (Lipinski definition) is 2. The number of rotatable bonds is 6. The number of anilines is 1. The molecule has 92 valence electrons. The van der Waals surface area contributed by atoms with Crippen molar-refractivity contribution in [2.24, 2.45) is 0 Å². The predicted molar refractivity (Wildman–Crippen MR) is 73.1 cm³/mol. The van der Waals surface area contributed by atoms with E-state index in [4.69, 9.17) is 5.26 Å². The first-order chi connectivity index (χ1) is 8.17. The van der Waals surface area contributed by atoms with Crippen molar-refractivity contribution in [1.82, 2.24) is 0 Å².